The Morgan fingerprint density at radius 1 is 1.07 bits per heavy atom. The first-order chi connectivity index (χ1) is 14.6. The molecule has 9 nitrogen and oxygen atoms in total. The number of nitro benzene ring substituents is 1. The first-order valence-electron chi connectivity index (χ1n) is 9.16. The minimum absolute atomic E-state index is 0.0837. The molecule has 1 atom stereocenters. The molecule has 150 valence electrons. The van der Waals surface area contributed by atoms with Crippen molar-refractivity contribution in [1.82, 2.24) is 10.3 Å². The summed E-state index contributed by atoms with van der Waals surface area (Å²) in [4.78, 5) is 26.9. The summed E-state index contributed by atoms with van der Waals surface area (Å²) < 4.78 is 5.21. The van der Waals surface area contributed by atoms with E-state index in [1.165, 1.54) is 24.3 Å². The summed E-state index contributed by atoms with van der Waals surface area (Å²) in [7, 11) is 0. The van der Waals surface area contributed by atoms with Crippen molar-refractivity contribution in [2.45, 2.75) is 12.5 Å². The van der Waals surface area contributed by atoms with E-state index in [9.17, 15) is 14.9 Å². The zero-order valence-electron chi connectivity index (χ0n) is 15.7. The number of non-ortho nitro benzene ring substituents is 1. The number of hydrogen-bond acceptors (Lipinski definition) is 7. The number of amides is 1. The van der Waals surface area contributed by atoms with E-state index in [4.69, 9.17) is 4.74 Å². The van der Waals surface area contributed by atoms with E-state index in [2.05, 4.69) is 15.4 Å². The second-order valence-corrected chi connectivity index (χ2v) is 6.48. The van der Waals surface area contributed by atoms with E-state index in [1.807, 2.05) is 48.5 Å². The Morgan fingerprint density at radius 2 is 1.80 bits per heavy atom. The lowest BCUT2D eigenvalue weighted by Crippen LogP contribution is -2.32. The van der Waals surface area contributed by atoms with Crippen molar-refractivity contribution >= 4 is 23.4 Å². The fourth-order valence-corrected chi connectivity index (χ4v) is 3.11. The van der Waals surface area contributed by atoms with Crippen LogP contribution < -0.4 is 15.1 Å². The smallest absolute Gasteiger partial charge is 0.410 e. The minimum Gasteiger partial charge on any atom is -0.410 e. The van der Waals surface area contributed by atoms with Gasteiger partial charge < -0.3 is 4.74 Å². The van der Waals surface area contributed by atoms with Crippen LogP contribution >= 0.6 is 0 Å². The molecule has 0 saturated carbocycles. The lowest BCUT2D eigenvalue weighted by atomic mass is 10.0. The van der Waals surface area contributed by atoms with Crippen molar-refractivity contribution in [1.29, 1.82) is 0 Å². The van der Waals surface area contributed by atoms with E-state index in [0.717, 1.165) is 5.56 Å². The zero-order valence-corrected chi connectivity index (χ0v) is 15.7. The number of hydrogen-bond donors (Lipinski definition) is 1. The topological polar surface area (TPSA) is 110 Å². The number of nitrogens with zero attached hydrogens (tertiary/aromatic N) is 4. The molecule has 1 unspecified atom stereocenters. The quantitative estimate of drug-likeness (QED) is 0.520. The van der Waals surface area contributed by atoms with Gasteiger partial charge in [0.1, 0.15) is 17.4 Å². The van der Waals surface area contributed by atoms with E-state index < -0.39 is 11.0 Å². The molecule has 3 aromatic rings. The SMILES string of the molecule is O=C(NC1=NN(c2ccccn2)C(c2ccccc2)C1)Oc1ccc([N+](=O)[O-])cc1. The van der Waals surface area contributed by atoms with E-state index in [-0.39, 0.29) is 17.5 Å². The van der Waals surface area contributed by atoms with Crippen molar-refractivity contribution in [3.8, 4) is 5.75 Å². The molecule has 4 rings (SSSR count). The highest BCUT2D eigenvalue weighted by Crippen LogP contribution is 2.33. The van der Waals surface area contributed by atoms with Gasteiger partial charge in [-0.3, -0.25) is 15.4 Å². The molecule has 0 spiro atoms. The van der Waals surface area contributed by atoms with Gasteiger partial charge in [-0.25, -0.2) is 14.8 Å². The van der Waals surface area contributed by atoms with Crippen LogP contribution in [0.5, 0.6) is 5.75 Å². The van der Waals surface area contributed by atoms with E-state index in [1.54, 1.807) is 11.2 Å². The maximum Gasteiger partial charge on any atom is 0.418 e. The molecule has 0 saturated heterocycles. The molecule has 30 heavy (non-hydrogen) atoms. The summed E-state index contributed by atoms with van der Waals surface area (Å²) in [6.45, 7) is 0. The van der Waals surface area contributed by atoms with Crippen molar-refractivity contribution in [2.75, 3.05) is 5.01 Å². The average molecular weight is 403 g/mol. The molecule has 0 aliphatic carbocycles. The van der Waals surface area contributed by atoms with Gasteiger partial charge in [0.25, 0.3) is 5.69 Å². The second-order valence-electron chi connectivity index (χ2n) is 6.48. The highest BCUT2D eigenvalue weighted by Gasteiger charge is 2.31. The van der Waals surface area contributed by atoms with Crippen LogP contribution in [0.1, 0.15) is 18.0 Å². The molecule has 0 bridgehead atoms. The van der Waals surface area contributed by atoms with Crippen molar-refractivity contribution in [3.63, 3.8) is 0 Å². The predicted molar refractivity (Wildman–Crippen MR) is 110 cm³/mol. The molecule has 1 aliphatic rings. The number of carbonyl (C=O) groups is 1. The Morgan fingerprint density at radius 3 is 2.47 bits per heavy atom. The third kappa shape index (κ3) is 4.25. The largest absolute Gasteiger partial charge is 0.418 e. The van der Waals surface area contributed by atoms with Gasteiger partial charge in [-0.2, -0.15) is 5.10 Å². The Kier molecular flexibility index (Phi) is 5.33. The Hall–Kier alpha value is -4.27. The van der Waals surface area contributed by atoms with Gasteiger partial charge in [-0.05, 0) is 29.8 Å². The lowest BCUT2D eigenvalue weighted by molar-refractivity contribution is -0.384. The molecular weight excluding hydrogens is 386 g/mol. The third-order valence-corrected chi connectivity index (χ3v) is 4.48. The van der Waals surface area contributed by atoms with Crippen LogP contribution in [0.4, 0.5) is 16.3 Å². The number of rotatable bonds is 4. The van der Waals surface area contributed by atoms with Crippen LogP contribution in [0, 0.1) is 10.1 Å². The van der Waals surface area contributed by atoms with Crippen LogP contribution in [0.3, 0.4) is 0 Å². The fraction of sp³-hybridized carbons (Fsp3) is 0.0952. The second kappa shape index (κ2) is 8.39. The Labute approximate surface area is 171 Å². The molecule has 9 heteroatoms. The highest BCUT2D eigenvalue weighted by atomic mass is 16.6. The lowest BCUT2D eigenvalue weighted by Gasteiger charge is -2.22. The van der Waals surface area contributed by atoms with Crippen LogP contribution in [0.25, 0.3) is 0 Å². The van der Waals surface area contributed by atoms with Gasteiger partial charge in [0.2, 0.25) is 0 Å². The first-order valence-corrected chi connectivity index (χ1v) is 9.16. The molecule has 1 aromatic heterocycles. The normalized spacial score (nSPS) is 15.4. The number of aromatic nitrogens is 1. The minimum atomic E-state index is -0.725. The number of hydrazone groups is 1. The number of ether oxygens (including phenoxy) is 1. The molecule has 1 aliphatic heterocycles. The van der Waals surface area contributed by atoms with Gasteiger partial charge in [0.15, 0.2) is 0 Å². The molecule has 2 heterocycles. The Balaban J connectivity index is 1.49. The number of pyridine rings is 1. The number of nitro groups is 1. The molecule has 1 amide bonds. The standard InChI is InChI=1S/C21H17N5O4/c27-21(30-17-11-9-16(10-12-17)26(28)29)23-19-14-18(15-6-2-1-3-7-15)25(24-19)20-8-4-5-13-22-20/h1-13,18H,14H2,(H,23,24,27). The summed E-state index contributed by atoms with van der Waals surface area (Å²) >= 11 is 0. The predicted octanol–water partition coefficient (Wildman–Crippen LogP) is 4.04. The maximum absolute atomic E-state index is 12.3. The van der Waals surface area contributed by atoms with Crippen molar-refractivity contribution in [2.24, 2.45) is 5.10 Å². The number of nitrogens with one attached hydrogen (secondary N) is 1. The van der Waals surface area contributed by atoms with Gasteiger partial charge in [-0.15, -0.1) is 0 Å². The molecule has 1 N–H and O–H groups in total. The summed E-state index contributed by atoms with van der Waals surface area (Å²) in [5.74, 6) is 1.28. The average Bonchev–Trinajstić information content (AvgIpc) is 3.19. The maximum atomic E-state index is 12.3. The zero-order chi connectivity index (χ0) is 20.9. The van der Waals surface area contributed by atoms with Gasteiger partial charge in [0.05, 0.1) is 11.0 Å². The number of benzene rings is 2. The van der Waals surface area contributed by atoms with Gasteiger partial charge in [0, 0.05) is 24.8 Å². The van der Waals surface area contributed by atoms with Gasteiger partial charge in [-0.1, -0.05) is 36.4 Å². The molecule has 2 aromatic carbocycles. The summed E-state index contributed by atoms with van der Waals surface area (Å²) in [6.07, 6.45) is 1.41. The molecule has 0 radical (unpaired) electrons. The molecular formula is C21H17N5O4. The number of anilines is 1. The summed E-state index contributed by atoms with van der Waals surface area (Å²) in [5.41, 5.74) is 0.951. The Bertz CT molecular complexity index is 1070. The number of amidine groups is 1. The monoisotopic (exact) mass is 403 g/mol. The van der Waals surface area contributed by atoms with Crippen LogP contribution in [0.2, 0.25) is 0 Å². The van der Waals surface area contributed by atoms with Crippen molar-refractivity contribution in [3.05, 3.63) is 94.7 Å². The van der Waals surface area contributed by atoms with Crippen LogP contribution in [-0.4, -0.2) is 21.8 Å². The van der Waals surface area contributed by atoms with Crippen LogP contribution in [-0.2, 0) is 0 Å². The van der Waals surface area contributed by atoms with E-state index in [0.29, 0.717) is 18.1 Å². The third-order valence-electron chi connectivity index (χ3n) is 4.48. The first kappa shape index (κ1) is 19.1. The fourth-order valence-electron chi connectivity index (χ4n) is 3.11. The summed E-state index contributed by atoms with van der Waals surface area (Å²) in [5, 5.41) is 19.7. The van der Waals surface area contributed by atoms with Crippen molar-refractivity contribution < 1.29 is 14.5 Å². The van der Waals surface area contributed by atoms with Crippen LogP contribution in [0.15, 0.2) is 84.1 Å². The molecule has 0 fully saturated rings. The van der Waals surface area contributed by atoms with Gasteiger partial charge >= 0.3 is 6.09 Å². The highest BCUT2D eigenvalue weighted by molar-refractivity contribution is 5.98. The van der Waals surface area contributed by atoms with E-state index >= 15 is 0 Å². The summed E-state index contributed by atoms with van der Waals surface area (Å²) in [6, 6.07) is 20.5. The number of carbonyl (C=O) groups excluding carboxylic acids is 1.